The lowest BCUT2D eigenvalue weighted by molar-refractivity contribution is -0.146. The van der Waals surface area contributed by atoms with Gasteiger partial charge in [-0.3, -0.25) is 4.90 Å². The summed E-state index contributed by atoms with van der Waals surface area (Å²) in [6.07, 6.45) is 0.682. The SMILES string of the molecule is CC[C@H](C(=O)OC)N(C[SiH](C)C)C(=O)OC(C)(C)C. The molecule has 0 saturated heterocycles. The molecule has 0 heterocycles. The number of rotatable bonds is 5. The van der Waals surface area contributed by atoms with Gasteiger partial charge in [0.25, 0.3) is 0 Å². The monoisotopic (exact) mass is 289 g/mol. The molecule has 0 fully saturated rings. The molecule has 1 atom stereocenters. The number of carbonyl (C=O) groups excluding carboxylic acids is 2. The Labute approximate surface area is 117 Å². The van der Waals surface area contributed by atoms with Gasteiger partial charge in [0.1, 0.15) is 11.6 Å². The maximum Gasteiger partial charge on any atom is 0.410 e. The van der Waals surface area contributed by atoms with Crippen LogP contribution in [0.4, 0.5) is 4.79 Å². The quantitative estimate of drug-likeness (QED) is 0.575. The molecule has 0 radical (unpaired) electrons. The maximum atomic E-state index is 12.2. The van der Waals surface area contributed by atoms with E-state index in [-0.39, 0.29) is 5.97 Å². The molecule has 0 spiro atoms. The Morgan fingerprint density at radius 2 is 1.79 bits per heavy atom. The lowest BCUT2D eigenvalue weighted by Crippen LogP contribution is -2.50. The average Bonchev–Trinajstić information content (AvgIpc) is 2.25. The second-order valence-corrected chi connectivity index (χ2v) is 9.13. The van der Waals surface area contributed by atoms with Crippen LogP contribution in [0.15, 0.2) is 0 Å². The number of carbonyl (C=O) groups is 2. The van der Waals surface area contributed by atoms with E-state index in [0.717, 1.165) is 0 Å². The Morgan fingerprint density at radius 3 is 2.11 bits per heavy atom. The van der Waals surface area contributed by atoms with E-state index in [2.05, 4.69) is 13.1 Å². The molecule has 112 valence electrons. The molecule has 0 aliphatic carbocycles. The van der Waals surface area contributed by atoms with Crippen LogP contribution >= 0.6 is 0 Å². The summed E-state index contributed by atoms with van der Waals surface area (Å²) in [4.78, 5) is 25.5. The zero-order chi connectivity index (χ0) is 15.2. The summed E-state index contributed by atoms with van der Waals surface area (Å²) in [6.45, 7) is 11.6. The van der Waals surface area contributed by atoms with Gasteiger partial charge in [-0.05, 0) is 27.2 Å². The zero-order valence-electron chi connectivity index (χ0n) is 13.1. The van der Waals surface area contributed by atoms with Crippen molar-refractivity contribution in [2.24, 2.45) is 0 Å². The fraction of sp³-hybridized carbons (Fsp3) is 0.846. The van der Waals surface area contributed by atoms with Crippen LogP contribution in [-0.2, 0) is 14.3 Å². The second-order valence-electron chi connectivity index (χ2n) is 5.97. The molecule has 0 aliphatic rings. The van der Waals surface area contributed by atoms with Crippen molar-refractivity contribution in [3.05, 3.63) is 0 Å². The van der Waals surface area contributed by atoms with Gasteiger partial charge in [-0.15, -0.1) is 0 Å². The van der Waals surface area contributed by atoms with E-state index in [1.165, 1.54) is 12.0 Å². The van der Waals surface area contributed by atoms with E-state index < -0.39 is 26.5 Å². The van der Waals surface area contributed by atoms with Gasteiger partial charge >= 0.3 is 12.1 Å². The Hall–Kier alpha value is -1.04. The van der Waals surface area contributed by atoms with Gasteiger partial charge in [0.15, 0.2) is 0 Å². The number of methoxy groups -OCH3 is 1. The molecule has 0 aliphatic heterocycles. The summed E-state index contributed by atoms with van der Waals surface area (Å²) in [5, 5.41) is 0. The first-order chi connectivity index (χ1) is 8.62. The van der Waals surface area contributed by atoms with Gasteiger partial charge in [-0.2, -0.15) is 0 Å². The third-order valence-electron chi connectivity index (χ3n) is 2.43. The highest BCUT2D eigenvalue weighted by molar-refractivity contribution is 6.56. The molecule has 19 heavy (non-hydrogen) atoms. The van der Waals surface area contributed by atoms with Gasteiger partial charge in [-0.25, -0.2) is 9.59 Å². The summed E-state index contributed by atoms with van der Waals surface area (Å²) in [6, 6.07) is -0.560. The van der Waals surface area contributed by atoms with E-state index in [0.29, 0.717) is 12.6 Å². The van der Waals surface area contributed by atoms with Crippen molar-refractivity contribution in [2.75, 3.05) is 13.3 Å². The highest BCUT2D eigenvalue weighted by atomic mass is 28.3. The number of nitrogens with zero attached hydrogens (tertiary/aromatic N) is 1. The van der Waals surface area contributed by atoms with Crippen LogP contribution in [0.2, 0.25) is 13.1 Å². The Kier molecular flexibility index (Phi) is 7.11. The molecule has 0 unspecified atom stereocenters. The van der Waals surface area contributed by atoms with Crippen LogP contribution in [0.1, 0.15) is 34.1 Å². The molecule has 0 rings (SSSR count). The van der Waals surface area contributed by atoms with Gasteiger partial charge in [-0.1, -0.05) is 20.0 Å². The van der Waals surface area contributed by atoms with Gasteiger partial charge in [0.2, 0.25) is 0 Å². The van der Waals surface area contributed by atoms with Crippen molar-refractivity contribution in [1.82, 2.24) is 4.90 Å². The minimum atomic E-state index is -1.06. The molecular formula is C13H27NO4Si. The summed E-state index contributed by atoms with van der Waals surface area (Å²) >= 11 is 0. The molecule has 5 nitrogen and oxygen atoms in total. The highest BCUT2D eigenvalue weighted by Crippen LogP contribution is 2.15. The number of hydrogen-bond donors (Lipinski definition) is 0. The van der Waals surface area contributed by atoms with Crippen molar-refractivity contribution in [2.45, 2.75) is 58.9 Å². The van der Waals surface area contributed by atoms with Crippen LogP contribution in [0.3, 0.4) is 0 Å². The number of ether oxygens (including phenoxy) is 2. The van der Waals surface area contributed by atoms with Crippen molar-refractivity contribution < 1.29 is 19.1 Å². The van der Waals surface area contributed by atoms with E-state index in [4.69, 9.17) is 9.47 Å². The van der Waals surface area contributed by atoms with Crippen molar-refractivity contribution in [1.29, 1.82) is 0 Å². The van der Waals surface area contributed by atoms with Crippen LogP contribution < -0.4 is 0 Å². The van der Waals surface area contributed by atoms with E-state index in [1.807, 2.05) is 27.7 Å². The molecule has 0 aromatic rings. The number of amides is 1. The second kappa shape index (κ2) is 7.52. The molecule has 1 amide bonds. The topological polar surface area (TPSA) is 55.8 Å². The smallest absolute Gasteiger partial charge is 0.410 e. The fourth-order valence-corrected chi connectivity index (χ4v) is 2.88. The molecule has 0 N–H and O–H groups in total. The largest absolute Gasteiger partial charge is 0.467 e. The van der Waals surface area contributed by atoms with Gasteiger partial charge in [0.05, 0.1) is 15.9 Å². The predicted octanol–water partition coefficient (Wildman–Crippen LogP) is 2.20. The molecule has 0 saturated carbocycles. The van der Waals surface area contributed by atoms with Gasteiger partial charge in [0, 0.05) is 6.17 Å². The van der Waals surface area contributed by atoms with E-state index in [1.54, 1.807) is 0 Å². The van der Waals surface area contributed by atoms with Gasteiger partial charge < -0.3 is 9.47 Å². The number of esters is 1. The lowest BCUT2D eigenvalue weighted by Gasteiger charge is -2.32. The summed E-state index contributed by atoms with van der Waals surface area (Å²) < 4.78 is 10.2. The van der Waals surface area contributed by atoms with Crippen LogP contribution in [0.25, 0.3) is 0 Å². The number of hydrogen-bond acceptors (Lipinski definition) is 4. The first-order valence-electron chi connectivity index (χ1n) is 6.69. The summed E-state index contributed by atoms with van der Waals surface area (Å²) in [5.41, 5.74) is -0.567. The molecule has 6 heteroatoms. The predicted molar refractivity (Wildman–Crippen MR) is 77.9 cm³/mol. The molecule has 0 aromatic heterocycles. The van der Waals surface area contributed by atoms with Crippen LogP contribution in [0, 0.1) is 0 Å². The van der Waals surface area contributed by atoms with Crippen molar-refractivity contribution >= 4 is 20.9 Å². The molecule has 0 aromatic carbocycles. The minimum absolute atomic E-state index is 0.386. The van der Waals surface area contributed by atoms with E-state index >= 15 is 0 Å². The normalized spacial score (nSPS) is 13.1. The Balaban J connectivity index is 5.07. The van der Waals surface area contributed by atoms with Crippen LogP contribution in [-0.4, -0.2) is 50.7 Å². The lowest BCUT2D eigenvalue weighted by atomic mass is 10.2. The third kappa shape index (κ3) is 6.61. The minimum Gasteiger partial charge on any atom is -0.467 e. The summed E-state index contributed by atoms with van der Waals surface area (Å²) in [7, 11) is 0.281. The fourth-order valence-electron chi connectivity index (χ4n) is 1.69. The molecular weight excluding hydrogens is 262 g/mol. The standard InChI is InChI=1S/C13H27NO4Si/c1-8-10(11(15)17-5)14(9-19(6)7)12(16)18-13(2,3)4/h10,19H,8-9H2,1-7H3/t10-/m1/s1. The summed E-state index contributed by atoms with van der Waals surface area (Å²) in [5.74, 6) is -0.386. The maximum absolute atomic E-state index is 12.2. The molecule has 0 bridgehead atoms. The van der Waals surface area contributed by atoms with E-state index in [9.17, 15) is 9.59 Å². The third-order valence-corrected chi connectivity index (χ3v) is 3.55. The van der Waals surface area contributed by atoms with Crippen molar-refractivity contribution in [3.8, 4) is 0 Å². The zero-order valence-corrected chi connectivity index (χ0v) is 14.3. The van der Waals surface area contributed by atoms with Crippen LogP contribution in [0.5, 0.6) is 0 Å². The van der Waals surface area contributed by atoms with Crippen molar-refractivity contribution in [3.63, 3.8) is 0 Å². The first kappa shape index (κ1) is 18.0. The average molecular weight is 289 g/mol. The Morgan fingerprint density at radius 1 is 1.26 bits per heavy atom. The first-order valence-corrected chi connectivity index (χ1v) is 9.82. The Bertz CT molecular complexity index is 312. The highest BCUT2D eigenvalue weighted by Gasteiger charge is 2.32.